The van der Waals surface area contributed by atoms with Crippen LogP contribution in [0.1, 0.15) is 5.56 Å². The molecule has 0 heterocycles. The van der Waals surface area contributed by atoms with Crippen molar-refractivity contribution in [1.29, 1.82) is 0 Å². The van der Waals surface area contributed by atoms with Gasteiger partial charge in [-0.1, -0.05) is 17.7 Å². The zero-order chi connectivity index (χ0) is 11.3. The lowest BCUT2D eigenvalue weighted by Crippen LogP contribution is -2.31. The Bertz CT molecular complexity index is 361. The molecule has 0 radical (unpaired) electrons. The minimum Gasteiger partial charge on any atom is -0.351 e. The Hall–Kier alpha value is -0.840. The second-order valence-electron chi connectivity index (χ2n) is 3.06. The molecule has 0 aliphatic heterocycles. The van der Waals surface area contributed by atoms with Gasteiger partial charge in [-0.3, -0.25) is 4.79 Å². The summed E-state index contributed by atoms with van der Waals surface area (Å²) in [6.07, 6.45) is 0. The molecule has 2 N–H and O–H groups in total. The minimum absolute atomic E-state index is 0. The predicted molar refractivity (Wildman–Crippen MR) is 64.4 cm³/mol. The molecule has 90 valence electrons. The van der Waals surface area contributed by atoms with Gasteiger partial charge in [0.15, 0.2) is 0 Å². The molecule has 0 spiro atoms. The van der Waals surface area contributed by atoms with Gasteiger partial charge in [0.2, 0.25) is 5.91 Å². The topological polar surface area (TPSA) is 41.1 Å². The zero-order valence-corrected chi connectivity index (χ0v) is 10.3. The molecule has 1 aromatic carbocycles. The summed E-state index contributed by atoms with van der Waals surface area (Å²) in [5, 5.41) is 5.46. The molecule has 0 fully saturated rings. The second kappa shape index (κ2) is 7.44. The van der Waals surface area contributed by atoms with Crippen molar-refractivity contribution in [2.24, 2.45) is 0 Å². The number of carbonyl (C=O) groups is 1. The van der Waals surface area contributed by atoms with Crippen LogP contribution in [0.4, 0.5) is 4.39 Å². The van der Waals surface area contributed by atoms with Gasteiger partial charge in [0.05, 0.1) is 11.6 Å². The molecular formula is C10H13Cl2FN2O. The van der Waals surface area contributed by atoms with E-state index in [1.165, 1.54) is 12.1 Å². The summed E-state index contributed by atoms with van der Waals surface area (Å²) in [6, 6.07) is 4.36. The van der Waals surface area contributed by atoms with Gasteiger partial charge in [-0.2, -0.15) is 0 Å². The van der Waals surface area contributed by atoms with Gasteiger partial charge in [0, 0.05) is 6.54 Å². The Morgan fingerprint density at radius 1 is 1.50 bits per heavy atom. The number of hydrogen-bond donors (Lipinski definition) is 2. The van der Waals surface area contributed by atoms with E-state index in [0.29, 0.717) is 6.54 Å². The third-order valence-corrected chi connectivity index (χ3v) is 2.10. The standard InChI is InChI=1S/C10H12ClFN2O.ClH/c1-13-6-10(15)14-5-7-2-3-9(12)8(11)4-7;/h2-4,13H,5-6H2,1H3,(H,14,15);1H. The molecule has 0 aromatic heterocycles. The summed E-state index contributed by atoms with van der Waals surface area (Å²) in [4.78, 5) is 11.1. The van der Waals surface area contributed by atoms with Gasteiger partial charge in [-0.15, -0.1) is 12.4 Å². The molecule has 1 aromatic rings. The Labute approximate surface area is 105 Å². The van der Waals surface area contributed by atoms with Crippen LogP contribution in [0.15, 0.2) is 18.2 Å². The first-order valence-electron chi connectivity index (χ1n) is 4.48. The minimum atomic E-state index is -0.457. The summed E-state index contributed by atoms with van der Waals surface area (Å²) < 4.78 is 12.8. The van der Waals surface area contributed by atoms with E-state index < -0.39 is 5.82 Å². The van der Waals surface area contributed by atoms with E-state index in [2.05, 4.69) is 10.6 Å². The quantitative estimate of drug-likeness (QED) is 0.872. The van der Waals surface area contributed by atoms with Crippen molar-refractivity contribution in [1.82, 2.24) is 10.6 Å². The number of nitrogens with one attached hydrogen (secondary N) is 2. The van der Waals surface area contributed by atoms with Crippen LogP contribution in [-0.4, -0.2) is 19.5 Å². The molecule has 6 heteroatoms. The molecule has 0 unspecified atom stereocenters. The maximum absolute atomic E-state index is 12.8. The van der Waals surface area contributed by atoms with Gasteiger partial charge >= 0.3 is 0 Å². The molecule has 0 saturated carbocycles. The van der Waals surface area contributed by atoms with Gasteiger partial charge in [-0.25, -0.2) is 4.39 Å². The predicted octanol–water partition coefficient (Wildman–Crippen LogP) is 1.74. The number of amides is 1. The van der Waals surface area contributed by atoms with Gasteiger partial charge in [0.1, 0.15) is 5.82 Å². The first-order valence-corrected chi connectivity index (χ1v) is 4.86. The number of rotatable bonds is 4. The van der Waals surface area contributed by atoms with E-state index in [1.807, 2.05) is 0 Å². The fourth-order valence-corrected chi connectivity index (χ4v) is 1.28. The molecule has 0 bridgehead atoms. The SMILES string of the molecule is CNCC(=O)NCc1ccc(F)c(Cl)c1.Cl. The van der Waals surface area contributed by atoms with Crippen LogP contribution in [0.5, 0.6) is 0 Å². The maximum atomic E-state index is 12.8. The van der Waals surface area contributed by atoms with Crippen molar-refractivity contribution in [3.8, 4) is 0 Å². The van der Waals surface area contributed by atoms with Crippen LogP contribution >= 0.6 is 24.0 Å². The summed E-state index contributed by atoms with van der Waals surface area (Å²) in [5.41, 5.74) is 0.769. The first-order chi connectivity index (χ1) is 7.13. The lowest BCUT2D eigenvalue weighted by atomic mass is 10.2. The summed E-state index contributed by atoms with van der Waals surface area (Å²) in [7, 11) is 1.69. The van der Waals surface area contributed by atoms with E-state index in [0.717, 1.165) is 5.56 Å². The van der Waals surface area contributed by atoms with Crippen molar-refractivity contribution in [3.63, 3.8) is 0 Å². The lowest BCUT2D eigenvalue weighted by molar-refractivity contribution is -0.120. The molecular weight excluding hydrogens is 254 g/mol. The van der Waals surface area contributed by atoms with Crippen LogP contribution in [0.25, 0.3) is 0 Å². The number of halogens is 3. The number of hydrogen-bond acceptors (Lipinski definition) is 2. The fourth-order valence-electron chi connectivity index (χ4n) is 1.07. The van der Waals surface area contributed by atoms with E-state index in [-0.39, 0.29) is 29.9 Å². The molecule has 0 aliphatic carbocycles. The normalized spacial score (nSPS) is 9.44. The average Bonchev–Trinajstić information content (AvgIpc) is 2.20. The average molecular weight is 267 g/mol. The van der Waals surface area contributed by atoms with Crippen molar-refractivity contribution < 1.29 is 9.18 Å². The largest absolute Gasteiger partial charge is 0.351 e. The molecule has 3 nitrogen and oxygen atoms in total. The molecule has 0 aliphatic rings. The lowest BCUT2D eigenvalue weighted by Gasteiger charge is -2.05. The first kappa shape index (κ1) is 15.2. The number of carbonyl (C=O) groups excluding carboxylic acids is 1. The Balaban J connectivity index is 0.00000225. The Morgan fingerprint density at radius 2 is 2.19 bits per heavy atom. The monoisotopic (exact) mass is 266 g/mol. The molecule has 16 heavy (non-hydrogen) atoms. The summed E-state index contributed by atoms with van der Waals surface area (Å²) in [6.45, 7) is 0.607. The smallest absolute Gasteiger partial charge is 0.234 e. The van der Waals surface area contributed by atoms with Crippen molar-refractivity contribution in [2.45, 2.75) is 6.54 Å². The van der Waals surface area contributed by atoms with Crippen LogP contribution in [-0.2, 0) is 11.3 Å². The van der Waals surface area contributed by atoms with Gasteiger partial charge in [-0.05, 0) is 24.7 Å². The van der Waals surface area contributed by atoms with Crippen molar-refractivity contribution in [3.05, 3.63) is 34.6 Å². The van der Waals surface area contributed by atoms with E-state index in [1.54, 1.807) is 13.1 Å². The van der Waals surface area contributed by atoms with E-state index in [4.69, 9.17) is 11.6 Å². The van der Waals surface area contributed by atoms with Crippen LogP contribution in [0.3, 0.4) is 0 Å². The van der Waals surface area contributed by atoms with E-state index in [9.17, 15) is 9.18 Å². The summed E-state index contributed by atoms with van der Waals surface area (Å²) in [5.74, 6) is -0.570. The van der Waals surface area contributed by atoms with Gasteiger partial charge < -0.3 is 10.6 Å². The zero-order valence-electron chi connectivity index (χ0n) is 8.72. The number of benzene rings is 1. The second-order valence-corrected chi connectivity index (χ2v) is 3.46. The molecule has 0 saturated heterocycles. The molecule has 0 atom stereocenters. The third-order valence-electron chi connectivity index (χ3n) is 1.81. The Kier molecular flexibility index (Phi) is 7.05. The maximum Gasteiger partial charge on any atom is 0.234 e. The fraction of sp³-hybridized carbons (Fsp3) is 0.300. The van der Waals surface area contributed by atoms with Gasteiger partial charge in [0.25, 0.3) is 0 Å². The van der Waals surface area contributed by atoms with Crippen LogP contribution in [0, 0.1) is 5.82 Å². The van der Waals surface area contributed by atoms with Crippen molar-refractivity contribution in [2.75, 3.05) is 13.6 Å². The highest BCUT2D eigenvalue weighted by Crippen LogP contribution is 2.15. The van der Waals surface area contributed by atoms with Crippen LogP contribution < -0.4 is 10.6 Å². The van der Waals surface area contributed by atoms with E-state index >= 15 is 0 Å². The molecule has 1 amide bonds. The highest BCUT2D eigenvalue weighted by molar-refractivity contribution is 6.30. The van der Waals surface area contributed by atoms with Crippen molar-refractivity contribution >= 4 is 29.9 Å². The molecule has 1 rings (SSSR count). The van der Waals surface area contributed by atoms with Crippen LogP contribution in [0.2, 0.25) is 5.02 Å². The number of likely N-dealkylation sites (N-methyl/N-ethyl adjacent to an activating group) is 1. The summed E-state index contributed by atoms with van der Waals surface area (Å²) >= 11 is 5.59. The highest BCUT2D eigenvalue weighted by Gasteiger charge is 2.02. The highest BCUT2D eigenvalue weighted by atomic mass is 35.5. The Morgan fingerprint density at radius 3 is 2.75 bits per heavy atom. The third kappa shape index (κ3) is 4.79.